The van der Waals surface area contributed by atoms with Crippen molar-refractivity contribution in [2.45, 2.75) is 27.2 Å². The van der Waals surface area contributed by atoms with Crippen molar-refractivity contribution in [3.8, 4) is 0 Å². The molecular weight excluding hydrogens is 232 g/mol. The molecule has 0 aliphatic heterocycles. The average molecular weight is 250 g/mol. The van der Waals surface area contributed by atoms with E-state index in [1.54, 1.807) is 11.8 Å². The average Bonchev–Trinajstić information content (AvgIpc) is 2.74. The molecule has 0 nitrogen and oxygen atoms in total. The van der Waals surface area contributed by atoms with E-state index in [1.165, 1.54) is 14.7 Å². The van der Waals surface area contributed by atoms with Crippen molar-refractivity contribution in [3.63, 3.8) is 0 Å². The van der Waals surface area contributed by atoms with E-state index >= 15 is 0 Å². The normalized spacial score (nSPS) is 12.3. The van der Waals surface area contributed by atoms with E-state index < -0.39 is 0 Å². The Kier molecular flexibility index (Phi) is 5.64. The molecule has 0 N–H and O–H groups in total. The molecule has 0 fully saturated rings. The summed E-state index contributed by atoms with van der Waals surface area (Å²) < 4.78 is 0. The van der Waals surface area contributed by atoms with E-state index in [-0.39, 0.29) is 0 Å². The molecular formula is C14H18S2. The van der Waals surface area contributed by atoms with E-state index in [2.05, 4.69) is 38.6 Å². The molecule has 0 saturated carbocycles. The number of hydrogen-bond donors (Lipinski definition) is 0. The Hall–Kier alpha value is -0.730. The molecule has 16 heavy (non-hydrogen) atoms. The van der Waals surface area contributed by atoms with Crippen LogP contribution in [0.5, 0.6) is 0 Å². The van der Waals surface area contributed by atoms with Crippen molar-refractivity contribution in [1.29, 1.82) is 0 Å². The molecule has 1 aromatic heterocycles. The molecule has 0 amide bonds. The second kappa shape index (κ2) is 6.77. The van der Waals surface area contributed by atoms with Gasteiger partial charge in [0, 0.05) is 19.6 Å². The summed E-state index contributed by atoms with van der Waals surface area (Å²) in [7, 11) is 0. The molecule has 1 aromatic rings. The fourth-order valence-electron chi connectivity index (χ4n) is 1.31. The number of hydrogen-bond acceptors (Lipinski definition) is 2. The number of allylic oxidation sites excluding steroid dienone is 3. The van der Waals surface area contributed by atoms with Gasteiger partial charge < -0.3 is 0 Å². The van der Waals surface area contributed by atoms with Crippen LogP contribution in [-0.4, -0.2) is 0 Å². The van der Waals surface area contributed by atoms with Gasteiger partial charge in [0.25, 0.3) is 0 Å². The molecule has 0 spiro atoms. The summed E-state index contributed by atoms with van der Waals surface area (Å²) in [4.78, 5) is 5.16. The first-order valence-electron chi connectivity index (χ1n) is 5.46. The molecule has 1 heterocycles. The minimum atomic E-state index is 1.09. The van der Waals surface area contributed by atoms with Crippen molar-refractivity contribution in [2.75, 3.05) is 0 Å². The minimum absolute atomic E-state index is 1.09. The van der Waals surface area contributed by atoms with Gasteiger partial charge in [-0.25, -0.2) is 0 Å². The minimum Gasteiger partial charge on any atom is -0.140 e. The summed E-state index contributed by atoms with van der Waals surface area (Å²) in [5, 5.41) is 0. The Morgan fingerprint density at radius 2 is 2.19 bits per heavy atom. The Morgan fingerprint density at radius 1 is 1.44 bits per heavy atom. The fraction of sp³-hybridized carbons (Fsp3) is 0.286. The van der Waals surface area contributed by atoms with Gasteiger partial charge in [0.15, 0.2) is 0 Å². The molecule has 1 rings (SSSR count). The zero-order valence-electron chi connectivity index (χ0n) is 10.1. The number of thioether (sulfide) groups is 1. The topological polar surface area (TPSA) is 0 Å². The van der Waals surface area contributed by atoms with E-state index in [0.717, 1.165) is 11.3 Å². The van der Waals surface area contributed by atoms with Gasteiger partial charge in [0.1, 0.15) is 0 Å². The van der Waals surface area contributed by atoms with Crippen molar-refractivity contribution in [3.05, 3.63) is 51.6 Å². The lowest BCUT2D eigenvalue weighted by Crippen LogP contribution is -1.73. The Balaban J connectivity index is 2.79. The zero-order valence-corrected chi connectivity index (χ0v) is 11.8. The molecule has 0 radical (unpaired) electrons. The van der Waals surface area contributed by atoms with Crippen LogP contribution in [0.15, 0.2) is 41.8 Å². The van der Waals surface area contributed by atoms with Gasteiger partial charge in [-0.2, -0.15) is 0 Å². The molecule has 0 bridgehead atoms. The lowest BCUT2D eigenvalue weighted by molar-refractivity contribution is 1.19. The summed E-state index contributed by atoms with van der Waals surface area (Å²) in [6.45, 7) is 10.3. The first-order valence-corrected chi connectivity index (χ1v) is 7.09. The van der Waals surface area contributed by atoms with E-state index in [1.807, 2.05) is 30.4 Å². The smallest absolute Gasteiger partial charge is 0.0409 e. The molecule has 2 heteroatoms. The van der Waals surface area contributed by atoms with Crippen LogP contribution in [0.4, 0.5) is 0 Å². The van der Waals surface area contributed by atoms with E-state index in [0.29, 0.717) is 0 Å². The number of rotatable bonds is 5. The maximum Gasteiger partial charge on any atom is 0.0409 e. The zero-order chi connectivity index (χ0) is 12.0. The van der Waals surface area contributed by atoms with Crippen LogP contribution < -0.4 is 0 Å². The van der Waals surface area contributed by atoms with Gasteiger partial charge in [-0.1, -0.05) is 43.5 Å². The van der Waals surface area contributed by atoms with Crippen LogP contribution in [0.1, 0.15) is 30.5 Å². The van der Waals surface area contributed by atoms with Gasteiger partial charge in [-0.15, -0.1) is 11.3 Å². The second-order valence-electron chi connectivity index (χ2n) is 3.34. The third-order valence-corrected chi connectivity index (χ3v) is 4.57. The molecule has 0 aliphatic rings. The molecule has 86 valence electrons. The van der Waals surface area contributed by atoms with Crippen molar-refractivity contribution >= 4 is 28.0 Å². The lowest BCUT2D eigenvalue weighted by atomic mass is 10.3. The second-order valence-corrected chi connectivity index (χ2v) is 5.68. The predicted octanol–water partition coefficient (Wildman–Crippen LogP) is 5.49. The first kappa shape index (κ1) is 13.3. The molecule has 0 aliphatic carbocycles. The van der Waals surface area contributed by atoms with E-state index in [4.69, 9.17) is 0 Å². The quantitative estimate of drug-likeness (QED) is 0.622. The third kappa shape index (κ3) is 3.69. The first-order chi connectivity index (χ1) is 7.71. The standard InChI is InChI=1S/C14H18S2/c1-5-8-11(4)15-13(7-3)14-10-9-12(6-2)16-14/h5,7-10H,4,6H2,1-3H3/b8-5+,13-7-. The third-order valence-electron chi connectivity index (χ3n) is 2.11. The largest absolute Gasteiger partial charge is 0.140 e. The Labute approximate surface area is 107 Å². The Morgan fingerprint density at radius 3 is 2.69 bits per heavy atom. The predicted molar refractivity (Wildman–Crippen MR) is 78.9 cm³/mol. The molecule has 0 saturated heterocycles. The van der Waals surface area contributed by atoms with Crippen LogP contribution in [0.25, 0.3) is 4.91 Å². The van der Waals surface area contributed by atoms with Gasteiger partial charge in [0.05, 0.1) is 0 Å². The number of thiophene rings is 1. The van der Waals surface area contributed by atoms with E-state index in [9.17, 15) is 0 Å². The molecule has 0 unspecified atom stereocenters. The fourth-order valence-corrected chi connectivity index (χ4v) is 3.25. The number of aryl methyl sites for hydroxylation is 1. The molecule has 0 aromatic carbocycles. The highest BCUT2D eigenvalue weighted by Crippen LogP contribution is 2.36. The highest BCUT2D eigenvalue weighted by Gasteiger charge is 2.05. The van der Waals surface area contributed by atoms with Crippen LogP contribution in [0, 0.1) is 0 Å². The molecule has 0 atom stereocenters. The maximum atomic E-state index is 4.02. The van der Waals surface area contributed by atoms with Crippen LogP contribution in [-0.2, 0) is 6.42 Å². The highest BCUT2D eigenvalue weighted by molar-refractivity contribution is 8.12. The van der Waals surface area contributed by atoms with Gasteiger partial charge in [-0.3, -0.25) is 0 Å². The Bertz CT molecular complexity index is 408. The maximum absolute atomic E-state index is 4.02. The van der Waals surface area contributed by atoms with Crippen LogP contribution >= 0.6 is 23.1 Å². The van der Waals surface area contributed by atoms with Crippen molar-refractivity contribution in [1.82, 2.24) is 0 Å². The van der Waals surface area contributed by atoms with Crippen LogP contribution in [0.3, 0.4) is 0 Å². The summed E-state index contributed by atoms with van der Waals surface area (Å²) >= 11 is 3.61. The van der Waals surface area contributed by atoms with Gasteiger partial charge in [-0.05, 0) is 32.4 Å². The van der Waals surface area contributed by atoms with Crippen molar-refractivity contribution in [2.24, 2.45) is 0 Å². The van der Waals surface area contributed by atoms with Gasteiger partial charge in [0.2, 0.25) is 0 Å². The summed E-state index contributed by atoms with van der Waals surface area (Å²) in [6.07, 6.45) is 7.34. The lowest BCUT2D eigenvalue weighted by Gasteiger charge is -2.03. The van der Waals surface area contributed by atoms with Crippen LogP contribution in [0.2, 0.25) is 0 Å². The highest BCUT2D eigenvalue weighted by atomic mass is 32.2. The van der Waals surface area contributed by atoms with Gasteiger partial charge >= 0.3 is 0 Å². The SMILES string of the molecule is C=C(/C=C/C)S/C(=C\C)c1ccc(CC)s1. The summed E-state index contributed by atoms with van der Waals surface area (Å²) in [6, 6.07) is 4.41. The monoisotopic (exact) mass is 250 g/mol. The summed E-state index contributed by atoms with van der Waals surface area (Å²) in [5.41, 5.74) is 0. The van der Waals surface area contributed by atoms with Crippen molar-refractivity contribution < 1.29 is 0 Å². The summed E-state index contributed by atoms with van der Waals surface area (Å²) in [5.74, 6) is 0.